The Morgan fingerprint density at radius 2 is 1.80 bits per heavy atom. The van der Waals surface area contributed by atoms with Gasteiger partial charge in [-0.25, -0.2) is 9.78 Å². The predicted molar refractivity (Wildman–Crippen MR) is 211 cm³/mol. The van der Waals surface area contributed by atoms with Crippen LogP contribution in [0.15, 0.2) is 61.1 Å². The number of rotatable bonds is 11. The lowest BCUT2D eigenvalue weighted by Gasteiger charge is -2.31. The summed E-state index contributed by atoms with van der Waals surface area (Å²) in [7, 11) is 3.49. The molecule has 0 saturated carbocycles. The van der Waals surface area contributed by atoms with E-state index in [2.05, 4.69) is 37.3 Å². The third-order valence-electron chi connectivity index (χ3n) is 10.3. The molecule has 2 saturated heterocycles. The van der Waals surface area contributed by atoms with Gasteiger partial charge in [-0.1, -0.05) is 41.4 Å². The van der Waals surface area contributed by atoms with Crippen molar-refractivity contribution in [1.29, 1.82) is 0 Å². The Morgan fingerprint density at radius 3 is 2.51 bits per heavy atom. The normalized spacial score (nSPS) is 16.3. The number of aryl methyl sites for hydroxylation is 1. The number of hydrogen-bond acceptors (Lipinski definition) is 8. The van der Waals surface area contributed by atoms with E-state index in [4.69, 9.17) is 37.9 Å². The lowest BCUT2D eigenvalue weighted by Crippen LogP contribution is -2.43. The lowest BCUT2D eigenvalue weighted by molar-refractivity contribution is -0.120. The van der Waals surface area contributed by atoms with Crippen LogP contribution >= 0.6 is 23.2 Å². The Bertz CT molecular complexity index is 2270. The zero-order chi connectivity index (χ0) is 38.8. The van der Waals surface area contributed by atoms with Crippen molar-refractivity contribution in [2.24, 2.45) is 7.05 Å². The number of hydrogen-bond donors (Lipinski definition) is 3. The van der Waals surface area contributed by atoms with Crippen molar-refractivity contribution in [2.75, 3.05) is 26.7 Å². The number of benzene rings is 1. The zero-order valence-electron chi connectivity index (χ0n) is 30.8. The maximum Gasteiger partial charge on any atom is 0.407 e. The van der Waals surface area contributed by atoms with E-state index in [0.29, 0.717) is 56.5 Å². The molecule has 2 aliphatic rings. The topological polar surface area (TPSA) is 155 Å². The minimum atomic E-state index is -1.10. The second-order valence-corrected chi connectivity index (χ2v) is 14.9. The van der Waals surface area contributed by atoms with E-state index in [1.165, 1.54) is 12.0 Å². The van der Waals surface area contributed by atoms with Gasteiger partial charge in [0.2, 0.25) is 17.7 Å². The standard InChI is InChI=1S/C40H42Cl2N8O5/c1-23(51)45-27-12-15-49(16-13-27)20-26-19-48(2)33-17-25(18-44-37(26)33)38-36(42)30(11-14-43-38)29-5-4-6-31(35(29)41)32-9-7-24(39(47-32)55-3)21-50(40(53)54)22-28-8-10-34(52)46-28/h4-7,9,11,14,17-19,27-28H,8,10,12-13,15-16,20-22H2,1-3H3,(H,45,51)(H,46,52)(H,53,54). The number of nitrogens with one attached hydrogen (secondary N) is 2. The van der Waals surface area contributed by atoms with Crippen molar-refractivity contribution < 1.29 is 24.2 Å². The summed E-state index contributed by atoms with van der Waals surface area (Å²) >= 11 is 14.2. The van der Waals surface area contributed by atoms with Crippen LogP contribution in [-0.2, 0) is 29.7 Å². The van der Waals surface area contributed by atoms with Gasteiger partial charge >= 0.3 is 6.09 Å². The third-order valence-corrected chi connectivity index (χ3v) is 11.1. The molecule has 0 spiro atoms. The lowest BCUT2D eigenvalue weighted by atomic mass is 9.99. The van der Waals surface area contributed by atoms with Gasteiger partial charge in [0.1, 0.15) is 0 Å². The second kappa shape index (κ2) is 16.2. The number of methoxy groups -OCH3 is 1. The van der Waals surface area contributed by atoms with Gasteiger partial charge in [0, 0.05) is 111 Å². The molecule has 0 aliphatic carbocycles. The highest BCUT2D eigenvalue weighted by molar-refractivity contribution is 6.39. The number of carboxylic acid groups (broad SMARTS) is 1. The number of likely N-dealkylation sites (tertiary alicyclic amines) is 1. The van der Waals surface area contributed by atoms with Crippen molar-refractivity contribution >= 4 is 52.1 Å². The van der Waals surface area contributed by atoms with Crippen molar-refractivity contribution in [2.45, 2.75) is 57.8 Å². The highest BCUT2D eigenvalue weighted by Gasteiger charge is 2.27. The molecule has 2 fully saturated rings. The first-order chi connectivity index (χ1) is 26.5. The molecular formula is C40H42Cl2N8O5. The number of piperidine rings is 1. The average Bonchev–Trinajstić information content (AvgIpc) is 3.72. The number of carbonyl (C=O) groups is 3. The molecular weight excluding hydrogens is 743 g/mol. The van der Waals surface area contributed by atoms with Crippen LogP contribution in [0.4, 0.5) is 4.79 Å². The Hall–Kier alpha value is -5.24. The van der Waals surface area contributed by atoms with Crippen molar-refractivity contribution in [3.05, 3.63) is 82.2 Å². The maximum absolute atomic E-state index is 12.1. The van der Waals surface area contributed by atoms with Crippen LogP contribution in [-0.4, -0.2) is 91.2 Å². The van der Waals surface area contributed by atoms with E-state index in [0.717, 1.165) is 54.6 Å². The number of fused-ring (bicyclic) bond motifs is 1. The number of amides is 3. The molecule has 2 aliphatic heterocycles. The van der Waals surface area contributed by atoms with Crippen LogP contribution in [0, 0.1) is 0 Å². The molecule has 7 rings (SSSR count). The van der Waals surface area contributed by atoms with Gasteiger partial charge in [0.25, 0.3) is 0 Å². The number of aromatic nitrogens is 4. The van der Waals surface area contributed by atoms with Crippen molar-refractivity contribution in [1.82, 2.24) is 40.0 Å². The van der Waals surface area contributed by atoms with E-state index >= 15 is 0 Å². The molecule has 1 unspecified atom stereocenters. The number of ether oxygens (including phenoxy) is 1. The minimum absolute atomic E-state index is 0.0167. The van der Waals surface area contributed by atoms with Crippen LogP contribution in [0.1, 0.15) is 43.7 Å². The van der Waals surface area contributed by atoms with Crippen LogP contribution in [0.5, 0.6) is 5.88 Å². The number of halogens is 2. The molecule has 6 heterocycles. The molecule has 1 atom stereocenters. The van der Waals surface area contributed by atoms with E-state index in [-0.39, 0.29) is 42.9 Å². The SMILES string of the molecule is COc1nc(-c2cccc(-c3ccnc(-c4cnc5c(CN6CCC(NC(C)=O)CC6)cn(C)c5c4)c3Cl)c2Cl)ccc1CN(CC1CCC(=O)N1)C(=O)O. The fourth-order valence-corrected chi connectivity index (χ4v) is 8.19. The van der Waals surface area contributed by atoms with Crippen LogP contribution in [0.3, 0.4) is 0 Å². The van der Waals surface area contributed by atoms with Crippen LogP contribution < -0.4 is 15.4 Å². The van der Waals surface area contributed by atoms with Gasteiger partial charge in [-0.05, 0) is 43.5 Å². The summed E-state index contributed by atoms with van der Waals surface area (Å²) in [5.41, 5.74) is 7.48. The monoisotopic (exact) mass is 784 g/mol. The van der Waals surface area contributed by atoms with Crippen LogP contribution in [0.2, 0.25) is 10.0 Å². The number of nitrogens with zero attached hydrogens (tertiary/aromatic N) is 6. The van der Waals surface area contributed by atoms with Gasteiger partial charge in [-0.3, -0.25) is 24.5 Å². The highest BCUT2D eigenvalue weighted by Crippen LogP contribution is 2.42. The number of carbonyl (C=O) groups excluding carboxylic acids is 2. The van der Waals surface area contributed by atoms with Gasteiger partial charge < -0.3 is 29.9 Å². The maximum atomic E-state index is 12.1. The van der Waals surface area contributed by atoms with Crippen LogP contribution in [0.25, 0.3) is 44.7 Å². The molecule has 286 valence electrons. The molecule has 55 heavy (non-hydrogen) atoms. The molecule has 5 aromatic rings. The molecule has 3 amide bonds. The van der Waals surface area contributed by atoms with E-state index in [1.807, 2.05) is 31.3 Å². The van der Waals surface area contributed by atoms with E-state index in [9.17, 15) is 19.5 Å². The molecule has 0 radical (unpaired) electrons. The Morgan fingerprint density at radius 1 is 1.04 bits per heavy atom. The summed E-state index contributed by atoms with van der Waals surface area (Å²) in [6.45, 7) is 4.33. The summed E-state index contributed by atoms with van der Waals surface area (Å²) < 4.78 is 7.69. The van der Waals surface area contributed by atoms with E-state index in [1.54, 1.807) is 31.5 Å². The molecule has 0 bridgehead atoms. The largest absolute Gasteiger partial charge is 0.481 e. The van der Waals surface area contributed by atoms with Crippen molar-refractivity contribution in [3.63, 3.8) is 0 Å². The Labute approximate surface area is 328 Å². The zero-order valence-corrected chi connectivity index (χ0v) is 32.3. The van der Waals surface area contributed by atoms with Crippen molar-refractivity contribution in [3.8, 4) is 39.5 Å². The van der Waals surface area contributed by atoms with E-state index < -0.39 is 6.09 Å². The average molecular weight is 786 g/mol. The molecule has 4 aromatic heterocycles. The Balaban J connectivity index is 1.12. The number of pyridine rings is 3. The first-order valence-electron chi connectivity index (χ1n) is 18.2. The molecule has 13 nitrogen and oxygen atoms in total. The van der Waals surface area contributed by atoms with Gasteiger partial charge in [0.15, 0.2) is 0 Å². The second-order valence-electron chi connectivity index (χ2n) is 14.1. The minimum Gasteiger partial charge on any atom is -0.481 e. The fourth-order valence-electron chi connectivity index (χ4n) is 7.55. The van der Waals surface area contributed by atoms with Gasteiger partial charge in [-0.2, -0.15) is 0 Å². The first-order valence-corrected chi connectivity index (χ1v) is 18.9. The fraction of sp³-hybridized carbons (Fsp3) is 0.350. The molecule has 3 N–H and O–H groups in total. The quantitative estimate of drug-likeness (QED) is 0.136. The summed E-state index contributed by atoms with van der Waals surface area (Å²) in [5, 5.41) is 16.6. The predicted octanol–water partition coefficient (Wildman–Crippen LogP) is 6.54. The first kappa shape index (κ1) is 38.1. The highest BCUT2D eigenvalue weighted by atomic mass is 35.5. The smallest absolute Gasteiger partial charge is 0.407 e. The summed E-state index contributed by atoms with van der Waals surface area (Å²) in [5.74, 6) is 0.206. The summed E-state index contributed by atoms with van der Waals surface area (Å²) in [6, 6.07) is 13.0. The summed E-state index contributed by atoms with van der Waals surface area (Å²) in [6.07, 6.45) is 7.33. The molecule has 1 aromatic carbocycles. The molecule has 15 heteroatoms. The van der Waals surface area contributed by atoms with Gasteiger partial charge in [-0.15, -0.1) is 0 Å². The van der Waals surface area contributed by atoms with Gasteiger partial charge in [0.05, 0.1) is 46.1 Å². The summed E-state index contributed by atoms with van der Waals surface area (Å²) in [4.78, 5) is 53.2. The Kier molecular flexibility index (Phi) is 11.2. The third kappa shape index (κ3) is 8.24.